The number of carbonyl (C=O) groups excluding carboxylic acids is 2. The largest absolute Gasteiger partial charge is 0.468 e. The second-order valence-corrected chi connectivity index (χ2v) is 5.17. The van der Waals surface area contributed by atoms with Crippen LogP contribution in [0.4, 0.5) is 0 Å². The highest BCUT2D eigenvalue weighted by Gasteiger charge is 2.19. The van der Waals surface area contributed by atoms with Gasteiger partial charge in [0.05, 0.1) is 19.8 Å². The van der Waals surface area contributed by atoms with Crippen molar-refractivity contribution in [3.8, 4) is 0 Å². The summed E-state index contributed by atoms with van der Waals surface area (Å²) in [5, 5.41) is 3.17. The molecular formula is C18H20N2O4. The first-order valence-corrected chi connectivity index (χ1v) is 7.52. The van der Waals surface area contributed by atoms with Crippen molar-refractivity contribution in [1.82, 2.24) is 10.3 Å². The number of hydrogen-bond acceptors (Lipinski definition) is 6. The third-order valence-corrected chi connectivity index (χ3v) is 3.55. The maximum Gasteiger partial charge on any atom is 0.337 e. The lowest BCUT2D eigenvalue weighted by molar-refractivity contribution is -0.143. The maximum absolute atomic E-state index is 11.9. The van der Waals surface area contributed by atoms with E-state index in [1.165, 1.54) is 14.2 Å². The van der Waals surface area contributed by atoms with Gasteiger partial charge in [-0.1, -0.05) is 18.2 Å². The number of nitrogens with one attached hydrogen (secondary N) is 1. The van der Waals surface area contributed by atoms with E-state index in [4.69, 9.17) is 4.74 Å². The predicted molar refractivity (Wildman–Crippen MR) is 88.4 cm³/mol. The van der Waals surface area contributed by atoms with Crippen molar-refractivity contribution >= 4 is 11.9 Å². The quantitative estimate of drug-likeness (QED) is 0.780. The zero-order valence-electron chi connectivity index (χ0n) is 13.7. The monoisotopic (exact) mass is 328 g/mol. The molecule has 0 saturated heterocycles. The summed E-state index contributed by atoms with van der Waals surface area (Å²) in [5.41, 5.74) is 2.23. The summed E-state index contributed by atoms with van der Waals surface area (Å²) in [4.78, 5) is 27.6. The van der Waals surface area contributed by atoms with E-state index in [2.05, 4.69) is 15.0 Å². The van der Waals surface area contributed by atoms with Crippen molar-refractivity contribution in [1.29, 1.82) is 0 Å². The lowest BCUT2D eigenvalue weighted by Gasteiger charge is -2.16. The molecule has 24 heavy (non-hydrogen) atoms. The van der Waals surface area contributed by atoms with E-state index >= 15 is 0 Å². The number of benzene rings is 1. The molecule has 1 atom stereocenters. The van der Waals surface area contributed by atoms with Crippen LogP contribution in [0, 0.1) is 0 Å². The molecule has 1 unspecified atom stereocenters. The molecule has 6 heteroatoms. The van der Waals surface area contributed by atoms with Gasteiger partial charge < -0.3 is 9.47 Å². The average Bonchev–Trinajstić information content (AvgIpc) is 2.65. The van der Waals surface area contributed by atoms with E-state index in [0.717, 1.165) is 11.3 Å². The summed E-state index contributed by atoms with van der Waals surface area (Å²) in [6, 6.07) is 12.1. The Kier molecular flexibility index (Phi) is 6.45. The lowest BCUT2D eigenvalue weighted by atomic mass is 10.1. The summed E-state index contributed by atoms with van der Waals surface area (Å²) >= 11 is 0. The Balaban J connectivity index is 1.99. The first kappa shape index (κ1) is 17.6. The van der Waals surface area contributed by atoms with Gasteiger partial charge in [0.25, 0.3) is 0 Å². The Morgan fingerprint density at radius 3 is 2.42 bits per heavy atom. The van der Waals surface area contributed by atoms with Crippen LogP contribution in [0.15, 0.2) is 48.7 Å². The maximum atomic E-state index is 11.9. The highest BCUT2D eigenvalue weighted by atomic mass is 16.5. The van der Waals surface area contributed by atoms with Gasteiger partial charge in [-0.05, 0) is 29.8 Å². The molecule has 0 radical (unpaired) electrons. The van der Waals surface area contributed by atoms with Gasteiger partial charge in [-0.25, -0.2) is 4.79 Å². The molecule has 0 aliphatic rings. The number of nitrogens with zero attached hydrogens (tertiary/aromatic N) is 1. The fourth-order valence-corrected chi connectivity index (χ4v) is 2.23. The lowest BCUT2D eigenvalue weighted by Crippen LogP contribution is -2.39. The molecule has 0 aliphatic heterocycles. The van der Waals surface area contributed by atoms with Gasteiger partial charge in [-0.3, -0.25) is 15.1 Å². The van der Waals surface area contributed by atoms with Crippen molar-refractivity contribution in [2.45, 2.75) is 19.0 Å². The van der Waals surface area contributed by atoms with Crippen molar-refractivity contribution in [2.24, 2.45) is 0 Å². The number of aromatic nitrogens is 1. The van der Waals surface area contributed by atoms with E-state index in [-0.39, 0.29) is 11.9 Å². The van der Waals surface area contributed by atoms with Gasteiger partial charge in [0.2, 0.25) is 0 Å². The molecule has 0 fully saturated rings. The Morgan fingerprint density at radius 2 is 1.83 bits per heavy atom. The van der Waals surface area contributed by atoms with Crippen LogP contribution < -0.4 is 5.32 Å². The normalized spacial score (nSPS) is 11.6. The minimum absolute atomic E-state index is 0.341. The van der Waals surface area contributed by atoms with E-state index in [1.807, 2.05) is 30.3 Å². The molecule has 2 aromatic rings. The van der Waals surface area contributed by atoms with Gasteiger partial charge in [0.15, 0.2) is 0 Å². The summed E-state index contributed by atoms with van der Waals surface area (Å²) < 4.78 is 9.51. The minimum atomic E-state index is -0.495. The second kappa shape index (κ2) is 8.79. The fraction of sp³-hybridized carbons (Fsp3) is 0.278. The third-order valence-electron chi connectivity index (χ3n) is 3.55. The van der Waals surface area contributed by atoms with Crippen LogP contribution in [0.1, 0.15) is 21.6 Å². The molecule has 1 aromatic carbocycles. The zero-order valence-corrected chi connectivity index (χ0v) is 13.7. The highest BCUT2D eigenvalue weighted by Crippen LogP contribution is 2.07. The second-order valence-electron chi connectivity index (χ2n) is 5.17. The summed E-state index contributed by atoms with van der Waals surface area (Å²) in [6.45, 7) is 0.466. The molecule has 1 heterocycles. The van der Waals surface area contributed by atoms with E-state index in [1.54, 1.807) is 18.3 Å². The fourth-order valence-electron chi connectivity index (χ4n) is 2.23. The van der Waals surface area contributed by atoms with Crippen molar-refractivity contribution in [3.63, 3.8) is 0 Å². The molecule has 126 valence electrons. The average molecular weight is 328 g/mol. The van der Waals surface area contributed by atoms with Gasteiger partial charge in [-0.15, -0.1) is 0 Å². The topological polar surface area (TPSA) is 77.5 Å². The number of esters is 2. The van der Waals surface area contributed by atoms with Crippen LogP contribution in [-0.4, -0.2) is 37.2 Å². The Hall–Kier alpha value is -2.73. The number of rotatable bonds is 7. The molecule has 0 spiro atoms. The first-order chi connectivity index (χ1) is 11.6. The molecule has 0 saturated carbocycles. The third kappa shape index (κ3) is 4.89. The highest BCUT2D eigenvalue weighted by molar-refractivity contribution is 5.89. The van der Waals surface area contributed by atoms with Crippen molar-refractivity contribution in [2.75, 3.05) is 14.2 Å². The van der Waals surface area contributed by atoms with Crippen LogP contribution in [0.5, 0.6) is 0 Å². The van der Waals surface area contributed by atoms with E-state index in [0.29, 0.717) is 18.5 Å². The molecule has 0 amide bonds. The van der Waals surface area contributed by atoms with Gasteiger partial charge in [0, 0.05) is 24.9 Å². The van der Waals surface area contributed by atoms with Crippen molar-refractivity contribution in [3.05, 3.63) is 65.5 Å². The molecule has 2 rings (SSSR count). The van der Waals surface area contributed by atoms with E-state index < -0.39 is 6.04 Å². The minimum Gasteiger partial charge on any atom is -0.468 e. The van der Waals surface area contributed by atoms with Crippen LogP contribution in [0.25, 0.3) is 0 Å². The van der Waals surface area contributed by atoms with Gasteiger partial charge in [-0.2, -0.15) is 0 Å². The molecule has 1 N–H and O–H groups in total. The molecule has 0 bridgehead atoms. The zero-order chi connectivity index (χ0) is 17.4. The van der Waals surface area contributed by atoms with Gasteiger partial charge >= 0.3 is 11.9 Å². The molecule has 6 nitrogen and oxygen atoms in total. The summed E-state index contributed by atoms with van der Waals surface area (Å²) in [5.74, 6) is -0.719. The Labute approximate surface area is 140 Å². The Bertz CT molecular complexity index is 671. The number of hydrogen-bond donors (Lipinski definition) is 1. The summed E-state index contributed by atoms with van der Waals surface area (Å²) in [6.07, 6.45) is 2.13. The molecule has 1 aromatic heterocycles. The van der Waals surface area contributed by atoms with Crippen molar-refractivity contribution < 1.29 is 19.1 Å². The van der Waals surface area contributed by atoms with Crippen LogP contribution in [0.3, 0.4) is 0 Å². The smallest absolute Gasteiger partial charge is 0.337 e. The predicted octanol–water partition coefficient (Wildman–Crippen LogP) is 1.74. The summed E-state index contributed by atoms with van der Waals surface area (Å²) in [7, 11) is 2.71. The first-order valence-electron chi connectivity index (χ1n) is 7.52. The van der Waals surface area contributed by atoms with E-state index in [9.17, 15) is 9.59 Å². The number of ether oxygens (including phenoxy) is 2. The standard InChI is InChI=1S/C18H20N2O4/c1-23-17(21)14-8-6-13(7-9-14)12-20-16(18(22)24-2)11-15-5-3-4-10-19-15/h3-10,16,20H,11-12H2,1-2H3. The SMILES string of the molecule is COC(=O)c1ccc(CNC(Cc2ccccn2)C(=O)OC)cc1. The molecular weight excluding hydrogens is 308 g/mol. The number of carbonyl (C=O) groups is 2. The Morgan fingerprint density at radius 1 is 1.08 bits per heavy atom. The number of methoxy groups -OCH3 is 2. The number of pyridine rings is 1. The molecule has 0 aliphatic carbocycles. The van der Waals surface area contributed by atoms with Crippen LogP contribution >= 0.6 is 0 Å². The van der Waals surface area contributed by atoms with Crippen LogP contribution in [0.2, 0.25) is 0 Å². The van der Waals surface area contributed by atoms with Crippen LogP contribution in [-0.2, 0) is 27.2 Å². The van der Waals surface area contributed by atoms with Gasteiger partial charge in [0.1, 0.15) is 6.04 Å².